The van der Waals surface area contributed by atoms with E-state index in [4.69, 9.17) is 14.3 Å². The summed E-state index contributed by atoms with van der Waals surface area (Å²) in [6.07, 6.45) is 1.73. The fourth-order valence-corrected chi connectivity index (χ4v) is 2.12. The zero-order chi connectivity index (χ0) is 14.5. The monoisotopic (exact) mass is 282 g/mol. The van der Waals surface area contributed by atoms with E-state index in [0.717, 1.165) is 12.8 Å². The molecule has 2 rings (SSSR count). The van der Waals surface area contributed by atoms with Gasteiger partial charge in [0.1, 0.15) is 5.76 Å². The third-order valence-corrected chi connectivity index (χ3v) is 3.12. The second-order valence-electron chi connectivity index (χ2n) is 4.80. The fraction of sp³-hybridized carbons (Fsp3) is 0.538. The Labute approximate surface area is 116 Å². The predicted octanol–water partition coefficient (Wildman–Crippen LogP) is 1.34. The molecule has 0 radical (unpaired) electrons. The van der Waals surface area contributed by atoms with Gasteiger partial charge >= 0.3 is 12.0 Å². The Hall–Kier alpha value is -2.02. The summed E-state index contributed by atoms with van der Waals surface area (Å²) < 4.78 is 10.4. The zero-order valence-electron chi connectivity index (χ0n) is 11.2. The van der Waals surface area contributed by atoms with Gasteiger partial charge in [0.25, 0.3) is 0 Å². The SMILES string of the molecule is CC1CC(NC(=O)NCc2ccc(C(=O)O)o2)CCO1. The molecule has 20 heavy (non-hydrogen) atoms. The van der Waals surface area contributed by atoms with E-state index in [-0.39, 0.29) is 30.5 Å². The van der Waals surface area contributed by atoms with Crippen LogP contribution in [0, 0.1) is 0 Å². The van der Waals surface area contributed by atoms with E-state index in [2.05, 4.69) is 10.6 Å². The first-order chi connectivity index (χ1) is 9.54. The van der Waals surface area contributed by atoms with Crippen molar-refractivity contribution in [3.63, 3.8) is 0 Å². The number of furan rings is 1. The largest absolute Gasteiger partial charge is 0.475 e. The second kappa shape index (κ2) is 6.42. The van der Waals surface area contributed by atoms with Crippen molar-refractivity contribution in [2.24, 2.45) is 0 Å². The Balaban J connectivity index is 1.75. The van der Waals surface area contributed by atoms with Gasteiger partial charge in [0.05, 0.1) is 12.6 Å². The van der Waals surface area contributed by atoms with Crippen molar-refractivity contribution in [2.45, 2.75) is 38.5 Å². The van der Waals surface area contributed by atoms with E-state index in [1.807, 2.05) is 6.92 Å². The summed E-state index contributed by atoms with van der Waals surface area (Å²) >= 11 is 0. The molecule has 1 saturated heterocycles. The molecule has 0 saturated carbocycles. The number of urea groups is 1. The minimum atomic E-state index is -1.13. The Kier molecular flexibility index (Phi) is 4.62. The van der Waals surface area contributed by atoms with Crippen molar-refractivity contribution in [3.8, 4) is 0 Å². The standard InChI is InChI=1S/C13H18N2O5/c1-8-6-9(4-5-19-8)15-13(18)14-7-10-2-3-11(20-10)12(16)17/h2-3,8-9H,4-7H2,1H3,(H,16,17)(H2,14,15,18). The number of carboxylic acids is 1. The molecule has 110 valence electrons. The highest BCUT2D eigenvalue weighted by atomic mass is 16.5. The minimum absolute atomic E-state index is 0.102. The maximum atomic E-state index is 11.7. The topological polar surface area (TPSA) is 101 Å². The number of ether oxygens (including phenoxy) is 1. The zero-order valence-corrected chi connectivity index (χ0v) is 11.2. The third kappa shape index (κ3) is 3.99. The van der Waals surface area contributed by atoms with Gasteiger partial charge in [-0.3, -0.25) is 0 Å². The highest BCUT2D eigenvalue weighted by molar-refractivity contribution is 5.84. The second-order valence-corrected chi connectivity index (χ2v) is 4.80. The molecule has 1 aliphatic heterocycles. The van der Waals surface area contributed by atoms with Crippen LogP contribution in [0.4, 0.5) is 4.79 Å². The van der Waals surface area contributed by atoms with E-state index in [1.54, 1.807) is 0 Å². The number of nitrogens with one attached hydrogen (secondary N) is 2. The fourth-order valence-electron chi connectivity index (χ4n) is 2.12. The number of hydrogen-bond acceptors (Lipinski definition) is 4. The molecule has 1 aromatic heterocycles. The number of amides is 2. The molecule has 2 amide bonds. The maximum absolute atomic E-state index is 11.7. The van der Waals surface area contributed by atoms with Crippen molar-refractivity contribution in [2.75, 3.05) is 6.61 Å². The number of aromatic carboxylic acids is 1. The molecular formula is C13H18N2O5. The van der Waals surface area contributed by atoms with Crippen LogP contribution < -0.4 is 10.6 Å². The average Bonchev–Trinajstić information content (AvgIpc) is 2.85. The normalized spacial score (nSPS) is 22.2. The van der Waals surface area contributed by atoms with Crippen LogP contribution in [-0.2, 0) is 11.3 Å². The number of rotatable bonds is 4. The third-order valence-electron chi connectivity index (χ3n) is 3.12. The van der Waals surface area contributed by atoms with Crippen LogP contribution in [0.15, 0.2) is 16.5 Å². The first-order valence-electron chi connectivity index (χ1n) is 6.52. The van der Waals surface area contributed by atoms with Gasteiger partial charge in [0.15, 0.2) is 0 Å². The lowest BCUT2D eigenvalue weighted by Gasteiger charge is -2.27. The Morgan fingerprint density at radius 2 is 2.25 bits per heavy atom. The number of carbonyl (C=O) groups excluding carboxylic acids is 1. The van der Waals surface area contributed by atoms with Gasteiger partial charge in [0.2, 0.25) is 5.76 Å². The van der Waals surface area contributed by atoms with E-state index in [1.165, 1.54) is 12.1 Å². The molecular weight excluding hydrogens is 264 g/mol. The molecule has 2 heterocycles. The molecule has 0 spiro atoms. The van der Waals surface area contributed by atoms with Gasteiger partial charge in [-0.25, -0.2) is 9.59 Å². The van der Waals surface area contributed by atoms with Crippen LogP contribution in [-0.4, -0.2) is 35.9 Å². The first kappa shape index (κ1) is 14.4. The molecule has 7 heteroatoms. The Bertz CT molecular complexity index is 485. The molecule has 1 fully saturated rings. The summed E-state index contributed by atoms with van der Waals surface area (Å²) in [4.78, 5) is 22.4. The smallest absolute Gasteiger partial charge is 0.371 e. The van der Waals surface area contributed by atoms with Crippen LogP contribution in [0.5, 0.6) is 0 Å². The summed E-state index contributed by atoms with van der Waals surface area (Å²) in [5, 5.41) is 14.2. The predicted molar refractivity (Wildman–Crippen MR) is 69.5 cm³/mol. The minimum Gasteiger partial charge on any atom is -0.475 e. The van der Waals surface area contributed by atoms with Crippen molar-refractivity contribution >= 4 is 12.0 Å². The summed E-state index contributed by atoms with van der Waals surface area (Å²) in [5.41, 5.74) is 0. The van der Waals surface area contributed by atoms with Gasteiger partial charge in [-0.15, -0.1) is 0 Å². The lowest BCUT2D eigenvalue weighted by Crippen LogP contribution is -2.45. The summed E-state index contributed by atoms with van der Waals surface area (Å²) in [6, 6.07) is 2.69. The molecule has 1 aromatic rings. The number of hydrogen-bond donors (Lipinski definition) is 3. The van der Waals surface area contributed by atoms with Gasteiger partial charge in [-0.05, 0) is 31.9 Å². The van der Waals surface area contributed by atoms with E-state index in [9.17, 15) is 9.59 Å². The van der Waals surface area contributed by atoms with Gasteiger partial charge < -0.3 is 24.9 Å². The van der Waals surface area contributed by atoms with Crippen molar-refractivity contribution in [1.29, 1.82) is 0 Å². The molecule has 3 N–H and O–H groups in total. The molecule has 7 nitrogen and oxygen atoms in total. The van der Waals surface area contributed by atoms with Crippen LogP contribution in [0.1, 0.15) is 36.1 Å². The van der Waals surface area contributed by atoms with E-state index in [0.29, 0.717) is 12.4 Å². The average molecular weight is 282 g/mol. The lowest BCUT2D eigenvalue weighted by molar-refractivity contribution is 0.0154. The highest BCUT2D eigenvalue weighted by Crippen LogP contribution is 2.13. The summed E-state index contributed by atoms with van der Waals surface area (Å²) in [5.74, 6) is -0.866. The molecule has 0 bridgehead atoms. The Morgan fingerprint density at radius 1 is 1.45 bits per heavy atom. The molecule has 0 aliphatic carbocycles. The van der Waals surface area contributed by atoms with E-state index < -0.39 is 5.97 Å². The highest BCUT2D eigenvalue weighted by Gasteiger charge is 2.20. The summed E-state index contributed by atoms with van der Waals surface area (Å²) in [7, 11) is 0. The van der Waals surface area contributed by atoms with Gasteiger partial charge in [-0.1, -0.05) is 0 Å². The van der Waals surface area contributed by atoms with Crippen LogP contribution in [0.2, 0.25) is 0 Å². The van der Waals surface area contributed by atoms with Crippen molar-refractivity contribution in [3.05, 3.63) is 23.7 Å². The Morgan fingerprint density at radius 3 is 2.90 bits per heavy atom. The number of carbonyl (C=O) groups is 2. The van der Waals surface area contributed by atoms with Crippen molar-refractivity contribution in [1.82, 2.24) is 10.6 Å². The molecule has 0 aromatic carbocycles. The van der Waals surface area contributed by atoms with Crippen molar-refractivity contribution < 1.29 is 23.8 Å². The first-order valence-corrected chi connectivity index (χ1v) is 6.52. The summed E-state index contributed by atoms with van der Waals surface area (Å²) in [6.45, 7) is 2.77. The van der Waals surface area contributed by atoms with Crippen LogP contribution in [0.25, 0.3) is 0 Å². The van der Waals surface area contributed by atoms with Crippen LogP contribution in [0.3, 0.4) is 0 Å². The molecule has 2 unspecified atom stereocenters. The number of carboxylic acid groups (broad SMARTS) is 1. The quantitative estimate of drug-likeness (QED) is 0.773. The van der Waals surface area contributed by atoms with Gasteiger partial charge in [-0.2, -0.15) is 0 Å². The van der Waals surface area contributed by atoms with Gasteiger partial charge in [0, 0.05) is 12.6 Å². The lowest BCUT2D eigenvalue weighted by atomic mass is 10.0. The molecule has 2 atom stereocenters. The maximum Gasteiger partial charge on any atom is 0.371 e. The molecule has 1 aliphatic rings. The van der Waals surface area contributed by atoms with Crippen LogP contribution >= 0.6 is 0 Å². The van der Waals surface area contributed by atoms with E-state index >= 15 is 0 Å².